The summed E-state index contributed by atoms with van der Waals surface area (Å²) in [6, 6.07) is 4.44. The summed E-state index contributed by atoms with van der Waals surface area (Å²) in [5.74, 6) is 0.574. The van der Waals surface area contributed by atoms with Gasteiger partial charge in [0.15, 0.2) is 0 Å². The number of non-ortho nitro benzene ring substituents is 1. The molecule has 0 bridgehead atoms. The predicted molar refractivity (Wildman–Crippen MR) is 78.5 cm³/mol. The lowest BCUT2D eigenvalue weighted by molar-refractivity contribution is -0.384. The van der Waals surface area contributed by atoms with E-state index in [1.165, 1.54) is 19.2 Å². The van der Waals surface area contributed by atoms with Crippen LogP contribution in [-0.4, -0.2) is 43.0 Å². The molecular weight excluding hydrogens is 276 g/mol. The molecule has 0 heterocycles. The van der Waals surface area contributed by atoms with Crippen LogP contribution in [0.2, 0.25) is 0 Å². The highest BCUT2D eigenvalue weighted by Gasteiger charge is 2.20. The number of rotatable bonds is 9. The molecule has 1 aromatic carbocycles. The third kappa shape index (κ3) is 5.66. The number of hydrogen-bond acceptors (Lipinski definition) is 6. The van der Waals surface area contributed by atoms with E-state index >= 15 is 0 Å². The minimum atomic E-state index is -0.899. The Morgan fingerprint density at radius 3 is 2.71 bits per heavy atom. The number of aliphatic hydroxyl groups is 1. The molecule has 0 aromatic heterocycles. The second kappa shape index (κ2) is 7.92. The van der Waals surface area contributed by atoms with E-state index in [-0.39, 0.29) is 5.69 Å². The molecule has 0 saturated carbocycles. The highest BCUT2D eigenvalue weighted by molar-refractivity contribution is 5.43. The second-order valence-corrected chi connectivity index (χ2v) is 5.10. The molecule has 0 spiro atoms. The molecular formula is C14H22N2O5. The molecule has 0 radical (unpaired) electrons. The van der Waals surface area contributed by atoms with Crippen LogP contribution >= 0.6 is 0 Å². The van der Waals surface area contributed by atoms with Crippen molar-refractivity contribution in [2.45, 2.75) is 25.5 Å². The van der Waals surface area contributed by atoms with Crippen molar-refractivity contribution in [1.82, 2.24) is 5.32 Å². The van der Waals surface area contributed by atoms with Crippen LogP contribution < -0.4 is 10.1 Å². The lowest BCUT2D eigenvalue weighted by Gasteiger charge is -2.23. The lowest BCUT2D eigenvalue weighted by Crippen LogP contribution is -2.38. The summed E-state index contributed by atoms with van der Waals surface area (Å²) in [5, 5.41) is 24.0. The van der Waals surface area contributed by atoms with Gasteiger partial charge in [-0.15, -0.1) is 0 Å². The minimum absolute atomic E-state index is 0.0127. The van der Waals surface area contributed by atoms with E-state index in [0.29, 0.717) is 37.4 Å². The Bertz CT molecular complexity index is 476. The van der Waals surface area contributed by atoms with E-state index in [4.69, 9.17) is 9.47 Å². The fraction of sp³-hybridized carbons (Fsp3) is 0.571. The molecule has 7 nitrogen and oxygen atoms in total. The number of ether oxygens (including phenoxy) is 2. The molecule has 0 aliphatic heterocycles. The highest BCUT2D eigenvalue weighted by atomic mass is 16.6. The van der Waals surface area contributed by atoms with Gasteiger partial charge in [0.25, 0.3) is 5.69 Å². The number of nitro benzene ring substituents is 1. The Labute approximate surface area is 124 Å². The average molecular weight is 298 g/mol. The highest BCUT2D eigenvalue weighted by Crippen LogP contribution is 2.24. The van der Waals surface area contributed by atoms with Crippen LogP contribution in [0, 0.1) is 10.1 Å². The molecule has 0 aliphatic carbocycles. The normalized spacial score (nSPS) is 13.7. The Hall–Kier alpha value is -1.70. The van der Waals surface area contributed by atoms with Crippen molar-refractivity contribution in [2.75, 3.05) is 27.4 Å². The van der Waals surface area contributed by atoms with E-state index in [1.54, 1.807) is 20.1 Å². The van der Waals surface area contributed by atoms with Gasteiger partial charge in [-0.3, -0.25) is 10.1 Å². The Morgan fingerprint density at radius 1 is 1.43 bits per heavy atom. The van der Waals surface area contributed by atoms with Crippen LogP contribution in [0.1, 0.15) is 18.9 Å². The fourth-order valence-corrected chi connectivity index (χ4v) is 1.89. The van der Waals surface area contributed by atoms with Crippen LogP contribution in [0.25, 0.3) is 0 Å². The fourth-order valence-electron chi connectivity index (χ4n) is 1.89. The molecule has 1 rings (SSSR count). The topological polar surface area (TPSA) is 93.9 Å². The van der Waals surface area contributed by atoms with Gasteiger partial charge in [-0.1, -0.05) is 0 Å². The van der Waals surface area contributed by atoms with Crippen molar-refractivity contribution in [3.8, 4) is 5.75 Å². The molecule has 0 amide bonds. The maximum Gasteiger partial charge on any atom is 0.270 e. The van der Waals surface area contributed by atoms with Gasteiger partial charge in [-0.05, 0) is 13.0 Å². The van der Waals surface area contributed by atoms with E-state index in [9.17, 15) is 15.2 Å². The summed E-state index contributed by atoms with van der Waals surface area (Å²) < 4.78 is 10.1. The average Bonchev–Trinajstić information content (AvgIpc) is 2.44. The van der Waals surface area contributed by atoms with Gasteiger partial charge >= 0.3 is 0 Å². The van der Waals surface area contributed by atoms with Crippen LogP contribution in [0.15, 0.2) is 18.2 Å². The monoisotopic (exact) mass is 298 g/mol. The SMILES string of the molecule is COCCC(C)(O)CNCc1cc([N+](=O)[O-])ccc1OC. The first-order chi connectivity index (χ1) is 9.89. The van der Waals surface area contributed by atoms with Crippen LogP contribution in [0.3, 0.4) is 0 Å². The van der Waals surface area contributed by atoms with Gasteiger partial charge in [-0.2, -0.15) is 0 Å². The van der Waals surface area contributed by atoms with E-state index < -0.39 is 10.5 Å². The van der Waals surface area contributed by atoms with Crippen LogP contribution in [0.5, 0.6) is 5.75 Å². The van der Waals surface area contributed by atoms with Crippen molar-refractivity contribution in [3.63, 3.8) is 0 Å². The summed E-state index contributed by atoms with van der Waals surface area (Å²) in [4.78, 5) is 10.3. The molecule has 0 fully saturated rings. The number of hydrogen-bond donors (Lipinski definition) is 2. The predicted octanol–water partition coefficient (Wildman–Crippen LogP) is 1.48. The molecule has 21 heavy (non-hydrogen) atoms. The standard InChI is InChI=1S/C14H22N2O5/c1-14(17,6-7-20-2)10-15-9-11-8-12(16(18)19)4-5-13(11)21-3/h4-5,8,15,17H,6-7,9-10H2,1-3H3. The van der Waals surface area contributed by atoms with Crippen molar-refractivity contribution >= 4 is 5.69 Å². The van der Waals surface area contributed by atoms with Crippen LogP contribution in [0.4, 0.5) is 5.69 Å². The number of methoxy groups -OCH3 is 2. The molecule has 0 saturated heterocycles. The Morgan fingerprint density at radius 2 is 2.14 bits per heavy atom. The second-order valence-electron chi connectivity index (χ2n) is 5.10. The third-order valence-electron chi connectivity index (χ3n) is 3.14. The molecule has 1 atom stereocenters. The number of nitrogens with zero attached hydrogens (tertiary/aromatic N) is 1. The summed E-state index contributed by atoms with van der Waals surface area (Å²) in [6.45, 7) is 2.90. The zero-order valence-electron chi connectivity index (χ0n) is 12.6. The van der Waals surface area contributed by atoms with Gasteiger partial charge in [0.05, 0.1) is 17.6 Å². The van der Waals surface area contributed by atoms with Crippen molar-refractivity contribution in [2.24, 2.45) is 0 Å². The Kier molecular flexibility index (Phi) is 6.54. The molecule has 1 unspecified atom stereocenters. The minimum Gasteiger partial charge on any atom is -0.496 e. The molecule has 2 N–H and O–H groups in total. The quantitative estimate of drug-likeness (QED) is 0.530. The molecule has 118 valence electrons. The molecule has 7 heteroatoms. The summed E-state index contributed by atoms with van der Waals surface area (Å²) in [5.41, 5.74) is -0.211. The maximum absolute atomic E-state index is 10.8. The zero-order valence-corrected chi connectivity index (χ0v) is 12.6. The first kappa shape index (κ1) is 17.4. The number of nitrogens with one attached hydrogen (secondary N) is 1. The maximum atomic E-state index is 10.8. The van der Waals surface area contributed by atoms with Crippen LogP contribution in [-0.2, 0) is 11.3 Å². The lowest BCUT2D eigenvalue weighted by atomic mass is 10.0. The van der Waals surface area contributed by atoms with Crippen molar-refractivity contribution in [3.05, 3.63) is 33.9 Å². The van der Waals surface area contributed by atoms with Gasteiger partial charge < -0.3 is 19.9 Å². The van der Waals surface area contributed by atoms with Gasteiger partial charge in [-0.25, -0.2) is 0 Å². The zero-order chi connectivity index (χ0) is 15.9. The summed E-state index contributed by atoms with van der Waals surface area (Å²) in [7, 11) is 3.09. The van der Waals surface area contributed by atoms with Crippen molar-refractivity contribution in [1.29, 1.82) is 0 Å². The van der Waals surface area contributed by atoms with Gasteiger partial charge in [0.1, 0.15) is 5.75 Å². The van der Waals surface area contributed by atoms with Gasteiger partial charge in [0.2, 0.25) is 0 Å². The van der Waals surface area contributed by atoms with Gasteiger partial charge in [0, 0.05) is 50.9 Å². The largest absolute Gasteiger partial charge is 0.496 e. The van der Waals surface area contributed by atoms with E-state index in [2.05, 4.69) is 5.32 Å². The summed E-state index contributed by atoms with van der Waals surface area (Å²) in [6.07, 6.45) is 0.503. The first-order valence-electron chi connectivity index (χ1n) is 6.63. The van der Waals surface area contributed by atoms with Crippen molar-refractivity contribution < 1.29 is 19.5 Å². The Balaban J connectivity index is 2.65. The molecule has 1 aromatic rings. The summed E-state index contributed by atoms with van der Waals surface area (Å²) >= 11 is 0. The number of nitro groups is 1. The smallest absolute Gasteiger partial charge is 0.270 e. The first-order valence-corrected chi connectivity index (χ1v) is 6.63. The van der Waals surface area contributed by atoms with E-state index in [0.717, 1.165) is 0 Å². The number of benzene rings is 1. The third-order valence-corrected chi connectivity index (χ3v) is 3.14. The molecule has 0 aliphatic rings. The van der Waals surface area contributed by atoms with E-state index in [1.807, 2.05) is 0 Å².